The molecule has 3 aromatic rings. The number of fused-ring (bicyclic) bond motifs is 1. The van der Waals surface area contributed by atoms with E-state index in [0.717, 1.165) is 16.9 Å². The van der Waals surface area contributed by atoms with Crippen LogP contribution in [0.1, 0.15) is 15.9 Å². The van der Waals surface area contributed by atoms with Gasteiger partial charge in [0.25, 0.3) is 5.91 Å². The fraction of sp³-hybridized carbons (Fsp3) is 0.0588. The fourth-order valence-electron chi connectivity index (χ4n) is 2.28. The van der Waals surface area contributed by atoms with Gasteiger partial charge in [0, 0.05) is 12.0 Å². The van der Waals surface area contributed by atoms with Crippen LogP contribution in [0.2, 0.25) is 0 Å². The Hall–Kier alpha value is -3.06. The third-order valence-corrected chi connectivity index (χ3v) is 4.13. The minimum Gasteiger partial charge on any atom is -0.387 e. The second-order valence-electron chi connectivity index (χ2n) is 5.18. The Labute approximate surface area is 141 Å². The zero-order chi connectivity index (χ0) is 17.1. The number of rotatable bonds is 4. The predicted octanol–water partition coefficient (Wildman–Crippen LogP) is 2.39. The Morgan fingerprint density at radius 1 is 1.21 bits per heavy atom. The molecule has 0 saturated heterocycles. The average molecular weight is 338 g/mol. The molecule has 0 fully saturated rings. The SMILES string of the molecule is N=C(N)Cc1cccc(C(=O)Nc2nc3ccccc3c(=O)s2)c1. The molecule has 24 heavy (non-hydrogen) atoms. The summed E-state index contributed by atoms with van der Waals surface area (Å²) < 4.78 is -0.152. The molecule has 1 aromatic heterocycles. The molecular weight excluding hydrogens is 324 g/mol. The molecule has 0 aliphatic carbocycles. The van der Waals surface area contributed by atoms with E-state index in [-0.39, 0.29) is 28.0 Å². The van der Waals surface area contributed by atoms with Gasteiger partial charge in [0.2, 0.25) is 4.74 Å². The first-order chi connectivity index (χ1) is 11.5. The summed E-state index contributed by atoms with van der Waals surface area (Å²) in [7, 11) is 0. The standard InChI is InChI=1S/C17H14N4O2S/c18-14(19)9-10-4-3-5-11(8-10)15(22)21-17-20-13-7-2-1-6-12(13)16(23)24-17/h1-8H,9H2,(H3,18,19)(H,20,21,22). The molecule has 6 nitrogen and oxygen atoms in total. The zero-order valence-electron chi connectivity index (χ0n) is 12.6. The molecule has 0 radical (unpaired) electrons. The number of anilines is 1. The summed E-state index contributed by atoms with van der Waals surface area (Å²) in [5, 5.41) is 10.8. The van der Waals surface area contributed by atoms with Gasteiger partial charge < -0.3 is 5.73 Å². The summed E-state index contributed by atoms with van der Waals surface area (Å²) in [4.78, 5) is 28.8. The minimum absolute atomic E-state index is 0.0296. The van der Waals surface area contributed by atoms with Gasteiger partial charge in [0.15, 0.2) is 5.13 Å². The highest BCUT2D eigenvalue weighted by Gasteiger charge is 2.10. The number of benzene rings is 2. The zero-order valence-corrected chi connectivity index (χ0v) is 13.4. The Balaban J connectivity index is 1.87. The summed E-state index contributed by atoms with van der Waals surface area (Å²) in [6.07, 6.45) is 0.280. The lowest BCUT2D eigenvalue weighted by Crippen LogP contribution is -2.16. The van der Waals surface area contributed by atoms with Crippen LogP contribution in [0.3, 0.4) is 0 Å². The number of amidine groups is 1. The first-order valence-corrected chi connectivity index (χ1v) is 7.97. The lowest BCUT2D eigenvalue weighted by Gasteiger charge is -2.06. The van der Waals surface area contributed by atoms with Gasteiger partial charge in [-0.1, -0.05) is 35.6 Å². The van der Waals surface area contributed by atoms with Crippen molar-refractivity contribution in [2.45, 2.75) is 6.42 Å². The van der Waals surface area contributed by atoms with Crippen LogP contribution < -0.4 is 15.8 Å². The van der Waals surface area contributed by atoms with Crippen LogP contribution in [0.4, 0.5) is 5.13 Å². The maximum atomic E-state index is 12.4. The first kappa shape index (κ1) is 15.8. The number of nitrogens with one attached hydrogen (secondary N) is 2. The number of hydrogen-bond acceptors (Lipinski definition) is 5. The van der Waals surface area contributed by atoms with E-state index in [9.17, 15) is 9.59 Å². The van der Waals surface area contributed by atoms with E-state index >= 15 is 0 Å². The van der Waals surface area contributed by atoms with Gasteiger partial charge in [0.05, 0.1) is 16.7 Å². The van der Waals surface area contributed by atoms with E-state index in [2.05, 4.69) is 10.3 Å². The molecule has 0 unspecified atom stereocenters. The highest BCUT2D eigenvalue weighted by molar-refractivity contribution is 7.13. The molecule has 0 spiro atoms. The van der Waals surface area contributed by atoms with Crippen LogP contribution in [0.15, 0.2) is 53.3 Å². The maximum absolute atomic E-state index is 12.4. The second-order valence-corrected chi connectivity index (χ2v) is 6.14. The number of nitrogens with two attached hydrogens (primary N) is 1. The molecule has 7 heteroatoms. The minimum atomic E-state index is -0.362. The number of aromatic nitrogens is 1. The van der Waals surface area contributed by atoms with Crippen molar-refractivity contribution < 1.29 is 4.79 Å². The van der Waals surface area contributed by atoms with Crippen LogP contribution in [-0.4, -0.2) is 16.7 Å². The van der Waals surface area contributed by atoms with E-state index in [0.29, 0.717) is 16.5 Å². The van der Waals surface area contributed by atoms with Gasteiger partial charge >= 0.3 is 0 Å². The number of hydrogen-bond donors (Lipinski definition) is 3. The summed E-state index contributed by atoms with van der Waals surface area (Å²) in [5.74, 6) is -0.333. The molecule has 4 N–H and O–H groups in total. The Morgan fingerprint density at radius 2 is 2.00 bits per heavy atom. The summed E-state index contributed by atoms with van der Waals surface area (Å²) in [5.41, 5.74) is 7.12. The molecule has 3 rings (SSSR count). The number of carbonyl (C=O) groups is 1. The highest BCUT2D eigenvalue weighted by atomic mass is 32.1. The quantitative estimate of drug-likeness (QED) is 0.501. The average Bonchev–Trinajstić information content (AvgIpc) is 2.54. The van der Waals surface area contributed by atoms with Gasteiger partial charge in [-0.05, 0) is 29.8 Å². The fourth-order valence-corrected chi connectivity index (χ4v) is 3.03. The lowest BCUT2D eigenvalue weighted by molar-refractivity contribution is 0.102. The molecule has 0 aliphatic rings. The molecule has 1 heterocycles. The first-order valence-electron chi connectivity index (χ1n) is 7.16. The van der Waals surface area contributed by atoms with Crippen molar-refractivity contribution in [1.82, 2.24) is 4.98 Å². The summed E-state index contributed by atoms with van der Waals surface area (Å²) in [6.45, 7) is 0. The van der Waals surface area contributed by atoms with E-state index in [1.807, 2.05) is 0 Å². The van der Waals surface area contributed by atoms with Crippen molar-refractivity contribution in [2.75, 3.05) is 5.32 Å². The predicted molar refractivity (Wildman–Crippen MR) is 95.9 cm³/mol. The van der Waals surface area contributed by atoms with Gasteiger partial charge in [-0.3, -0.25) is 20.3 Å². The molecular formula is C17H14N4O2S. The van der Waals surface area contributed by atoms with Crippen LogP contribution in [-0.2, 0) is 6.42 Å². The monoisotopic (exact) mass is 338 g/mol. The van der Waals surface area contributed by atoms with Crippen molar-refractivity contribution >= 4 is 39.1 Å². The molecule has 0 aliphatic heterocycles. The molecule has 0 bridgehead atoms. The maximum Gasteiger partial charge on any atom is 0.257 e. The van der Waals surface area contributed by atoms with Crippen LogP contribution in [0, 0.1) is 5.41 Å². The lowest BCUT2D eigenvalue weighted by atomic mass is 10.1. The Bertz CT molecular complexity index is 997. The molecule has 2 aromatic carbocycles. The van der Waals surface area contributed by atoms with E-state index in [1.54, 1.807) is 48.5 Å². The van der Waals surface area contributed by atoms with Crippen molar-refractivity contribution in [3.63, 3.8) is 0 Å². The van der Waals surface area contributed by atoms with Crippen molar-refractivity contribution in [2.24, 2.45) is 5.73 Å². The van der Waals surface area contributed by atoms with Crippen molar-refractivity contribution in [1.29, 1.82) is 5.41 Å². The van der Waals surface area contributed by atoms with Gasteiger partial charge in [-0.2, -0.15) is 0 Å². The molecule has 0 atom stereocenters. The van der Waals surface area contributed by atoms with Gasteiger partial charge in [-0.15, -0.1) is 0 Å². The van der Waals surface area contributed by atoms with Crippen LogP contribution in [0.25, 0.3) is 10.9 Å². The van der Waals surface area contributed by atoms with E-state index < -0.39 is 0 Å². The normalized spacial score (nSPS) is 10.5. The number of para-hydroxylation sites is 1. The van der Waals surface area contributed by atoms with Crippen LogP contribution in [0.5, 0.6) is 0 Å². The largest absolute Gasteiger partial charge is 0.387 e. The molecule has 0 saturated carbocycles. The second kappa shape index (κ2) is 6.59. The summed E-state index contributed by atoms with van der Waals surface area (Å²) in [6, 6.07) is 13.8. The topological polar surface area (TPSA) is 109 Å². The number of amides is 1. The van der Waals surface area contributed by atoms with E-state index in [4.69, 9.17) is 11.1 Å². The third kappa shape index (κ3) is 3.47. The van der Waals surface area contributed by atoms with Crippen LogP contribution >= 0.6 is 11.3 Å². The van der Waals surface area contributed by atoms with Crippen molar-refractivity contribution in [3.05, 3.63) is 69.2 Å². The molecule has 1 amide bonds. The summed E-state index contributed by atoms with van der Waals surface area (Å²) >= 11 is 0.892. The van der Waals surface area contributed by atoms with Crippen molar-refractivity contribution in [3.8, 4) is 0 Å². The number of nitrogens with zero attached hydrogens (tertiary/aromatic N) is 1. The van der Waals surface area contributed by atoms with Gasteiger partial charge in [0.1, 0.15) is 0 Å². The molecule has 120 valence electrons. The number of carbonyl (C=O) groups excluding carboxylic acids is 1. The Kier molecular flexibility index (Phi) is 4.35. The van der Waals surface area contributed by atoms with Gasteiger partial charge in [-0.25, -0.2) is 4.98 Å². The van der Waals surface area contributed by atoms with E-state index in [1.165, 1.54) is 0 Å². The smallest absolute Gasteiger partial charge is 0.257 e. The highest BCUT2D eigenvalue weighted by Crippen LogP contribution is 2.16. The Morgan fingerprint density at radius 3 is 2.79 bits per heavy atom. The third-order valence-electron chi connectivity index (χ3n) is 3.34.